The molecule has 0 radical (unpaired) electrons. The topological polar surface area (TPSA) is 64.4 Å². The molecule has 0 aliphatic heterocycles. The maximum Gasteiger partial charge on any atom is 0.291 e. The van der Waals surface area contributed by atoms with Crippen LogP contribution in [0.1, 0.15) is 21.1 Å². The Bertz CT molecular complexity index is 1070. The summed E-state index contributed by atoms with van der Waals surface area (Å²) in [6, 6.07) is 20.7. The second kappa shape index (κ2) is 8.10. The molecule has 4 aromatic rings. The average Bonchev–Trinajstić information content (AvgIpc) is 3.38. The Kier molecular flexibility index (Phi) is 5.21. The van der Waals surface area contributed by atoms with E-state index in [1.165, 1.54) is 6.26 Å². The van der Waals surface area contributed by atoms with Gasteiger partial charge in [0.25, 0.3) is 5.91 Å². The van der Waals surface area contributed by atoms with Crippen LogP contribution in [0.3, 0.4) is 0 Å². The summed E-state index contributed by atoms with van der Waals surface area (Å²) in [4.78, 5) is 17.8. The van der Waals surface area contributed by atoms with Crippen molar-refractivity contribution in [1.82, 2.24) is 4.98 Å². The quantitative estimate of drug-likeness (QED) is 0.469. The summed E-state index contributed by atoms with van der Waals surface area (Å²) in [5.74, 6) is 0.638. The second-order valence-electron chi connectivity index (χ2n) is 6.14. The molecule has 4 rings (SSSR count). The summed E-state index contributed by atoms with van der Waals surface area (Å²) >= 11 is 1.63. The summed E-state index contributed by atoms with van der Waals surface area (Å²) in [5.41, 5.74) is 2.71. The zero-order valence-electron chi connectivity index (χ0n) is 15.2. The third kappa shape index (κ3) is 4.13. The number of nitrogens with one attached hydrogen (secondary N) is 1. The zero-order valence-corrected chi connectivity index (χ0v) is 16.0. The van der Waals surface area contributed by atoms with Gasteiger partial charge in [0.1, 0.15) is 17.4 Å². The maximum absolute atomic E-state index is 12.1. The maximum atomic E-state index is 12.1. The molecule has 0 aliphatic rings. The molecule has 28 heavy (non-hydrogen) atoms. The highest BCUT2D eigenvalue weighted by molar-refractivity contribution is 7.15. The first-order chi connectivity index (χ1) is 13.7. The van der Waals surface area contributed by atoms with Crippen molar-refractivity contribution in [3.8, 4) is 16.3 Å². The van der Waals surface area contributed by atoms with Gasteiger partial charge in [-0.05, 0) is 31.2 Å². The van der Waals surface area contributed by atoms with Gasteiger partial charge in [-0.15, -0.1) is 11.3 Å². The van der Waals surface area contributed by atoms with Crippen LogP contribution in [0.2, 0.25) is 0 Å². The minimum Gasteiger partial charge on any atom is -0.488 e. The van der Waals surface area contributed by atoms with E-state index >= 15 is 0 Å². The molecule has 140 valence electrons. The Balaban J connectivity index is 1.43. The Morgan fingerprint density at radius 2 is 1.96 bits per heavy atom. The van der Waals surface area contributed by atoms with Crippen molar-refractivity contribution in [2.24, 2.45) is 0 Å². The molecule has 2 heterocycles. The van der Waals surface area contributed by atoms with Crippen LogP contribution in [0.4, 0.5) is 5.69 Å². The van der Waals surface area contributed by atoms with Crippen LogP contribution in [0.5, 0.6) is 5.75 Å². The van der Waals surface area contributed by atoms with Crippen LogP contribution < -0.4 is 10.1 Å². The lowest BCUT2D eigenvalue weighted by atomic mass is 10.2. The van der Waals surface area contributed by atoms with Gasteiger partial charge in [-0.1, -0.05) is 36.4 Å². The molecular formula is C22H18N2O3S. The first-order valence-corrected chi connectivity index (χ1v) is 9.60. The van der Waals surface area contributed by atoms with Gasteiger partial charge in [0.15, 0.2) is 5.76 Å². The molecule has 0 aliphatic carbocycles. The Morgan fingerprint density at radius 3 is 2.75 bits per heavy atom. The van der Waals surface area contributed by atoms with E-state index in [2.05, 4.69) is 10.3 Å². The number of anilines is 1. The fourth-order valence-electron chi connectivity index (χ4n) is 2.68. The molecule has 0 unspecified atom stereocenters. The van der Waals surface area contributed by atoms with Gasteiger partial charge < -0.3 is 14.5 Å². The summed E-state index contributed by atoms with van der Waals surface area (Å²) < 4.78 is 11.0. The molecule has 2 aromatic carbocycles. The summed E-state index contributed by atoms with van der Waals surface area (Å²) in [6.45, 7) is 2.41. The smallest absolute Gasteiger partial charge is 0.291 e. The van der Waals surface area contributed by atoms with Crippen LogP contribution in [0.25, 0.3) is 10.6 Å². The van der Waals surface area contributed by atoms with E-state index in [0.29, 0.717) is 18.0 Å². The summed E-state index contributed by atoms with van der Waals surface area (Å²) in [7, 11) is 0. The van der Waals surface area contributed by atoms with Gasteiger partial charge in [0.2, 0.25) is 0 Å². The lowest BCUT2D eigenvalue weighted by Crippen LogP contribution is -2.10. The molecule has 0 atom stereocenters. The number of benzene rings is 2. The summed E-state index contributed by atoms with van der Waals surface area (Å²) in [6.07, 6.45) is 1.47. The molecule has 0 fully saturated rings. The number of nitrogens with zero attached hydrogens (tertiary/aromatic N) is 1. The minimum absolute atomic E-state index is 0.264. The second-order valence-corrected chi connectivity index (χ2v) is 7.23. The van der Waals surface area contributed by atoms with Gasteiger partial charge in [0.05, 0.1) is 16.8 Å². The van der Waals surface area contributed by atoms with Gasteiger partial charge in [-0.25, -0.2) is 4.98 Å². The molecule has 5 nitrogen and oxygen atoms in total. The van der Waals surface area contributed by atoms with E-state index in [4.69, 9.17) is 9.15 Å². The van der Waals surface area contributed by atoms with Gasteiger partial charge in [-0.3, -0.25) is 4.79 Å². The van der Waals surface area contributed by atoms with Gasteiger partial charge >= 0.3 is 0 Å². The minimum atomic E-state index is -0.298. The van der Waals surface area contributed by atoms with Crippen molar-refractivity contribution in [2.75, 3.05) is 5.32 Å². The van der Waals surface area contributed by atoms with E-state index in [1.807, 2.05) is 49.4 Å². The molecule has 0 saturated carbocycles. The van der Waals surface area contributed by atoms with Crippen molar-refractivity contribution in [2.45, 2.75) is 13.5 Å². The van der Waals surface area contributed by atoms with E-state index < -0.39 is 0 Å². The van der Waals surface area contributed by atoms with E-state index in [0.717, 1.165) is 21.1 Å². The van der Waals surface area contributed by atoms with Gasteiger partial charge in [0, 0.05) is 17.3 Å². The third-order valence-electron chi connectivity index (χ3n) is 4.12. The lowest BCUT2D eigenvalue weighted by molar-refractivity contribution is 0.0996. The number of furan rings is 1. The predicted molar refractivity (Wildman–Crippen MR) is 110 cm³/mol. The van der Waals surface area contributed by atoms with Crippen LogP contribution in [0, 0.1) is 6.92 Å². The highest BCUT2D eigenvalue weighted by Crippen LogP contribution is 2.29. The third-order valence-corrected chi connectivity index (χ3v) is 5.30. The number of rotatable bonds is 6. The Labute approximate surface area is 166 Å². The molecule has 0 bridgehead atoms. The van der Waals surface area contributed by atoms with Gasteiger partial charge in [-0.2, -0.15) is 0 Å². The van der Waals surface area contributed by atoms with Crippen molar-refractivity contribution in [1.29, 1.82) is 0 Å². The first-order valence-electron chi connectivity index (χ1n) is 8.78. The fourth-order valence-corrected chi connectivity index (χ4v) is 3.66. The van der Waals surface area contributed by atoms with Crippen molar-refractivity contribution >= 4 is 22.9 Å². The largest absolute Gasteiger partial charge is 0.488 e. The molecule has 1 N–H and O–H groups in total. The highest BCUT2D eigenvalue weighted by atomic mass is 32.1. The van der Waals surface area contributed by atoms with Crippen molar-refractivity contribution in [3.05, 3.63) is 89.3 Å². The predicted octanol–water partition coefficient (Wildman–Crippen LogP) is 5.54. The molecule has 0 saturated heterocycles. The van der Waals surface area contributed by atoms with Crippen LogP contribution in [0.15, 0.2) is 77.4 Å². The average molecular weight is 390 g/mol. The summed E-state index contributed by atoms with van der Waals surface area (Å²) in [5, 5.41) is 3.78. The standard InChI is InChI=1S/C22H18N2O3S/c1-15-20(28-22(23-15)16-7-3-2-4-8-16)14-27-18-10-5-9-17(13-18)24-21(25)19-11-6-12-26-19/h2-13H,14H2,1H3,(H,24,25). The van der Waals surface area contributed by atoms with E-state index in [-0.39, 0.29) is 11.7 Å². The number of hydrogen-bond donors (Lipinski definition) is 1. The van der Waals surface area contributed by atoms with Crippen molar-refractivity contribution in [3.63, 3.8) is 0 Å². The Morgan fingerprint density at radius 1 is 1.11 bits per heavy atom. The number of amides is 1. The van der Waals surface area contributed by atoms with Crippen LogP contribution in [-0.4, -0.2) is 10.9 Å². The molecule has 6 heteroatoms. The van der Waals surface area contributed by atoms with E-state index in [9.17, 15) is 4.79 Å². The fraction of sp³-hybridized carbons (Fsp3) is 0.0909. The number of aryl methyl sites for hydroxylation is 1. The number of carbonyl (C=O) groups excluding carboxylic acids is 1. The molecule has 1 amide bonds. The molecule has 0 spiro atoms. The van der Waals surface area contributed by atoms with Crippen molar-refractivity contribution < 1.29 is 13.9 Å². The number of thiazole rings is 1. The lowest BCUT2D eigenvalue weighted by Gasteiger charge is -2.08. The number of aromatic nitrogens is 1. The number of hydrogen-bond acceptors (Lipinski definition) is 5. The number of carbonyl (C=O) groups is 1. The molecular weight excluding hydrogens is 372 g/mol. The Hall–Kier alpha value is -3.38. The monoisotopic (exact) mass is 390 g/mol. The first kappa shape index (κ1) is 18.0. The normalized spacial score (nSPS) is 10.6. The highest BCUT2D eigenvalue weighted by Gasteiger charge is 2.11. The zero-order chi connectivity index (χ0) is 19.3. The van der Waals surface area contributed by atoms with E-state index in [1.54, 1.807) is 35.6 Å². The number of ether oxygens (including phenoxy) is 1. The molecule has 2 aromatic heterocycles. The SMILES string of the molecule is Cc1nc(-c2ccccc2)sc1COc1cccc(NC(=O)c2ccco2)c1. The van der Waals surface area contributed by atoms with Crippen LogP contribution >= 0.6 is 11.3 Å². The van der Waals surface area contributed by atoms with Crippen LogP contribution in [-0.2, 0) is 6.61 Å².